The number of Topliss-reactive ketones (excluding diaryl/α,β-unsaturated/α-hetero) is 2. The number of amides is 1. The summed E-state index contributed by atoms with van der Waals surface area (Å²) in [6.45, 7) is 6.70. The molecule has 0 saturated heterocycles. The molecule has 0 bridgehead atoms. The van der Waals surface area contributed by atoms with Crippen molar-refractivity contribution in [2.24, 2.45) is 23.0 Å². The molecule has 11 heteroatoms. The van der Waals surface area contributed by atoms with E-state index in [-0.39, 0.29) is 40.6 Å². The van der Waals surface area contributed by atoms with Gasteiger partial charge in [0, 0.05) is 29.7 Å². The summed E-state index contributed by atoms with van der Waals surface area (Å²) in [7, 11) is 3.03. The average molecular weight is 546 g/mol. The van der Waals surface area contributed by atoms with Crippen LogP contribution in [0.1, 0.15) is 51.2 Å². The summed E-state index contributed by atoms with van der Waals surface area (Å²) < 4.78 is 15.3. The lowest BCUT2D eigenvalue weighted by atomic mass is 9.57. The number of primary amides is 1. The van der Waals surface area contributed by atoms with Crippen LogP contribution >= 0.6 is 0 Å². The molecule has 3 aliphatic rings. The molecule has 4 atom stereocenters. The first kappa shape index (κ1) is 28.6. The quantitative estimate of drug-likeness (QED) is 0.178. The Morgan fingerprint density at radius 3 is 2.44 bits per heavy atom. The first-order valence-electron chi connectivity index (χ1n) is 12.9. The Kier molecular flexibility index (Phi) is 7.06. The average Bonchev–Trinajstić information content (AvgIpc) is 2.81. The number of anilines is 1. The van der Waals surface area contributed by atoms with Crippen LogP contribution in [0.2, 0.25) is 0 Å². The zero-order chi connectivity index (χ0) is 29.2. The van der Waals surface area contributed by atoms with Gasteiger partial charge < -0.3 is 31.5 Å². The molecule has 1 fully saturated rings. The number of nitrogens with one attached hydrogen (secondary N) is 1. The van der Waals surface area contributed by atoms with Crippen LogP contribution in [0.3, 0.4) is 0 Å². The van der Waals surface area contributed by atoms with E-state index in [4.69, 9.17) is 5.73 Å². The van der Waals surface area contributed by atoms with Crippen LogP contribution in [-0.2, 0) is 20.8 Å². The number of carbonyl (C=O) groups excluding carboxylic acids is 3. The van der Waals surface area contributed by atoms with E-state index in [1.165, 1.54) is 19.0 Å². The summed E-state index contributed by atoms with van der Waals surface area (Å²) in [6, 6.07) is -0.0503. The number of aliphatic hydroxyl groups is 3. The third kappa shape index (κ3) is 4.47. The molecule has 0 unspecified atom stereocenters. The maximum Gasteiger partial charge on any atom is 0.255 e. The van der Waals surface area contributed by atoms with Crippen LogP contribution < -0.4 is 11.1 Å². The number of aromatic hydroxyl groups is 1. The standard InChI is InChI=1S/C28H36FN3O7/c1-27(2,3)7-6-8-31-16-11-15(29)13-9-12-10-14-20(32(4)5)23(35)19(26(30)38)25(37)28(14,39)24(36)17(12)22(34)18(13)21(16)33/h11-12,14,20,31,33-34,37,39H,6-10H2,1-5H3,(H2,30,38)/t12-,14-,20-,28-/m0/s1. The van der Waals surface area contributed by atoms with Gasteiger partial charge >= 0.3 is 0 Å². The molecule has 1 saturated carbocycles. The molecule has 4 rings (SSSR count). The van der Waals surface area contributed by atoms with Gasteiger partial charge in [0.15, 0.2) is 11.4 Å². The number of nitrogens with zero attached hydrogens (tertiary/aromatic N) is 1. The van der Waals surface area contributed by atoms with E-state index in [0.29, 0.717) is 6.54 Å². The number of rotatable bonds is 6. The number of fused-ring (bicyclic) bond motifs is 3. The highest BCUT2D eigenvalue weighted by Gasteiger charge is 2.64. The van der Waals surface area contributed by atoms with Crippen LogP contribution in [-0.4, -0.2) is 75.1 Å². The van der Waals surface area contributed by atoms with Crippen molar-refractivity contribution >= 4 is 28.9 Å². The van der Waals surface area contributed by atoms with Gasteiger partial charge in [0.2, 0.25) is 5.78 Å². The fourth-order valence-corrected chi connectivity index (χ4v) is 6.24. The van der Waals surface area contributed by atoms with E-state index < -0.39 is 69.6 Å². The van der Waals surface area contributed by atoms with Crippen LogP contribution in [0.5, 0.6) is 5.75 Å². The number of hydrogen-bond donors (Lipinski definition) is 6. The third-order valence-corrected chi connectivity index (χ3v) is 8.09. The van der Waals surface area contributed by atoms with Gasteiger partial charge in [0.05, 0.1) is 17.3 Å². The van der Waals surface area contributed by atoms with Crippen molar-refractivity contribution in [1.29, 1.82) is 0 Å². The zero-order valence-corrected chi connectivity index (χ0v) is 22.8. The van der Waals surface area contributed by atoms with Crippen LogP contribution in [0, 0.1) is 23.1 Å². The molecule has 1 amide bonds. The normalized spacial score (nSPS) is 26.9. The SMILES string of the molecule is CN(C)[C@@H]1C(=O)C(C(N)=O)=C(O)[C@@]2(O)C(=O)C3=C(O)c4c(O)c(NCCCC(C)(C)C)cc(F)c4C[C@H]3C[C@@H]12. The van der Waals surface area contributed by atoms with Gasteiger partial charge in [-0.05, 0) is 51.1 Å². The van der Waals surface area contributed by atoms with Crippen molar-refractivity contribution in [3.05, 3.63) is 39.9 Å². The molecule has 0 heterocycles. The van der Waals surface area contributed by atoms with Crippen molar-refractivity contribution < 1.29 is 39.2 Å². The number of likely N-dealkylation sites (N-methyl/N-ethyl adjacent to an activating group) is 1. The van der Waals surface area contributed by atoms with Crippen molar-refractivity contribution in [2.45, 2.75) is 58.1 Å². The van der Waals surface area contributed by atoms with Gasteiger partial charge in [0.1, 0.15) is 28.7 Å². The number of aliphatic hydroxyl groups excluding tert-OH is 2. The molecule has 1 aromatic rings. The van der Waals surface area contributed by atoms with E-state index in [9.17, 15) is 34.8 Å². The van der Waals surface area contributed by atoms with Gasteiger partial charge in [-0.2, -0.15) is 0 Å². The molecular weight excluding hydrogens is 509 g/mol. The van der Waals surface area contributed by atoms with Gasteiger partial charge in [-0.15, -0.1) is 0 Å². The molecule has 0 aromatic heterocycles. The molecule has 3 aliphatic carbocycles. The summed E-state index contributed by atoms with van der Waals surface area (Å²) >= 11 is 0. The first-order valence-corrected chi connectivity index (χ1v) is 12.9. The summed E-state index contributed by atoms with van der Waals surface area (Å²) in [5.41, 5.74) is 1.25. The van der Waals surface area contributed by atoms with E-state index >= 15 is 4.39 Å². The number of nitrogens with two attached hydrogens (primary N) is 1. The van der Waals surface area contributed by atoms with Crippen LogP contribution in [0.4, 0.5) is 10.1 Å². The van der Waals surface area contributed by atoms with Crippen molar-refractivity contribution in [3.8, 4) is 5.75 Å². The number of benzene rings is 1. The van der Waals surface area contributed by atoms with E-state index in [0.717, 1.165) is 18.9 Å². The lowest BCUT2D eigenvalue weighted by Gasteiger charge is -2.50. The van der Waals surface area contributed by atoms with E-state index in [2.05, 4.69) is 26.1 Å². The fourth-order valence-electron chi connectivity index (χ4n) is 6.24. The predicted octanol–water partition coefficient (Wildman–Crippen LogP) is 2.34. The van der Waals surface area contributed by atoms with Gasteiger partial charge in [-0.3, -0.25) is 19.3 Å². The Balaban J connectivity index is 1.81. The van der Waals surface area contributed by atoms with Crippen molar-refractivity contribution in [2.75, 3.05) is 26.0 Å². The highest BCUT2D eigenvalue weighted by atomic mass is 19.1. The molecule has 0 radical (unpaired) electrons. The number of phenolic OH excluding ortho intramolecular Hbond substituents is 1. The Morgan fingerprint density at radius 2 is 1.87 bits per heavy atom. The van der Waals surface area contributed by atoms with Crippen LogP contribution in [0.15, 0.2) is 23.0 Å². The monoisotopic (exact) mass is 545 g/mol. The van der Waals surface area contributed by atoms with Gasteiger partial charge in [-0.25, -0.2) is 4.39 Å². The molecular formula is C28H36FN3O7. The Bertz CT molecular complexity index is 1330. The highest BCUT2D eigenvalue weighted by molar-refractivity contribution is 6.24. The van der Waals surface area contributed by atoms with Crippen molar-refractivity contribution in [3.63, 3.8) is 0 Å². The van der Waals surface area contributed by atoms with Gasteiger partial charge in [0.25, 0.3) is 5.91 Å². The molecule has 0 spiro atoms. The molecule has 7 N–H and O–H groups in total. The molecule has 212 valence electrons. The number of carbonyl (C=O) groups is 3. The minimum atomic E-state index is -2.73. The second kappa shape index (κ2) is 9.63. The topological polar surface area (TPSA) is 173 Å². The molecule has 39 heavy (non-hydrogen) atoms. The Morgan fingerprint density at radius 1 is 1.23 bits per heavy atom. The van der Waals surface area contributed by atoms with E-state index in [1.54, 1.807) is 0 Å². The second-order valence-electron chi connectivity index (χ2n) is 12.2. The van der Waals surface area contributed by atoms with Crippen LogP contribution in [0.25, 0.3) is 5.76 Å². The van der Waals surface area contributed by atoms with E-state index in [1.807, 2.05) is 0 Å². The zero-order valence-electron chi connectivity index (χ0n) is 22.8. The lowest BCUT2D eigenvalue weighted by molar-refractivity contribution is -0.153. The lowest BCUT2D eigenvalue weighted by Crippen LogP contribution is -2.65. The number of hydrogen-bond acceptors (Lipinski definition) is 9. The second-order valence-corrected chi connectivity index (χ2v) is 12.2. The largest absolute Gasteiger partial charge is 0.508 e. The number of halogens is 1. The molecule has 10 nitrogen and oxygen atoms in total. The number of phenols is 1. The fraction of sp³-hybridized carbons (Fsp3) is 0.536. The summed E-state index contributed by atoms with van der Waals surface area (Å²) in [4.78, 5) is 40.4. The smallest absolute Gasteiger partial charge is 0.255 e. The highest BCUT2D eigenvalue weighted by Crippen LogP contribution is 2.53. The first-order chi connectivity index (χ1) is 18.0. The maximum absolute atomic E-state index is 15.3. The Labute approximate surface area is 226 Å². The van der Waals surface area contributed by atoms with Gasteiger partial charge in [-0.1, -0.05) is 20.8 Å². The predicted molar refractivity (Wildman–Crippen MR) is 141 cm³/mol. The summed E-state index contributed by atoms with van der Waals surface area (Å²) in [5.74, 6) is -8.34. The molecule has 1 aromatic carbocycles. The summed E-state index contributed by atoms with van der Waals surface area (Å²) in [6.07, 6.45) is 1.42. The minimum Gasteiger partial charge on any atom is -0.508 e. The van der Waals surface area contributed by atoms with Crippen molar-refractivity contribution in [1.82, 2.24) is 4.90 Å². The number of ketones is 2. The third-order valence-electron chi connectivity index (χ3n) is 8.09. The molecule has 0 aliphatic heterocycles. The minimum absolute atomic E-state index is 0.00152. The Hall–Kier alpha value is -3.44. The summed E-state index contributed by atoms with van der Waals surface area (Å²) in [5, 5.41) is 47.8. The maximum atomic E-state index is 15.3.